The molecule has 0 aliphatic heterocycles. The van der Waals surface area contributed by atoms with Crippen molar-refractivity contribution in [3.8, 4) is 11.1 Å². The number of benzene rings is 2. The van der Waals surface area contributed by atoms with Gasteiger partial charge in [-0.2, -0.15) is 0 Å². The average Bonchev–Trinajstić information content (AvgIpc) is 2.51. The second-order valence-electron chi connectivity index (χ2n) is 6.65. The molecule has 1 heteroatoms. The van der Waals surface area contributed by atoms with Crippen LogP contribution in [0, 0.1) is 12.8 Å². The van der Waals surface area contributed by atoms with Crippen LogP contribution >= 0.6 is 9.24 Å². The highest BCUT2D eigenvalue weighted by Crippen LogP contribution is 2.36. The summed E-state index contributed by atoms with van der Waals surface area (Å²) < 4.78 is 0. The SMILES string of the molecule is Cc1ccc(-c2ccc(C3CCC(C)CC3)cc2)cc1P. The lowest BCUT2D eigenvalue weighted by Crippen LogP contribution is -2.10. The predicted octanol–water partition coefficient (Wildman–Crippen LogP) is 5.46. The molecule has 1 fully saturated rings. The first-order valence-corrected chi connectivity index (χ1v) is 8.67. The smallest absolute Gasteiger partial charge is 0.0162 e. The third-order valence-corrected chi connectivity index (χ3v) is 5.63. The lowest BCUT2D eigenvalue weighted by atomic mass is 9.79. The van der Waals surface area contributed by atoms with Crippen LogP contribution in [0.1, 0.15) is 49.7 Å². The van der Waals surface area contributed by atoms with Crippen LogP contribution in [0.5, 0.6) is 0 Å². The molecule has 0 heterocycles. The van der Waals surface area contributed by atoms with Crippen molar-refractivity contribution in [1.82, 2.24) is 0 Å². The van der Waals surface area contributed by atoms with E-state index in [1.54, 1.807) is 0 Å². The summed E-state index contributed by atoms with van der Waals surface area (Å²) in [4.78, 5) is 0. The van der Waals surface area contributed by atoms with E-state index in [2.05, 4.69) is 65.6 Å². The van der Waals surface area contributed by atoms with Gasteiger partial charge in [0.1, 0.15) is 0 Å². The van der Waals surface area contributed by atoms with Gasteiger partial charge in [-0.05, 0) is 65.2 Å². The van der Waals surface area contributed by atoms with Gasteiger partial charge in [-0.15, -0.1) is 9.24 Å². The van der Waals surface area contributed by atoms with Crippen molar-refractivity contribution < 1.29 is 0 Å². The second-order valence-corrected chi connectivity index (χ2v) is 7.27. The zero-order valence-electron chi connectivity index (χ0n) is 13.1. The molecule has 1 saturated carbocycles. The van der Waals surface area contributed by atoms with Gasteiger partial charge in [-0.1, -0.05) is 56.2 Å². The van der Waals surface area contributed by atoms with Crippen LogP contribution in [0.25, 0.3) is 11.1 Å². The molecule has 110 valence electrons. The molecule has 0 nitrogen and oxygen atoms in total. The highest BCUT2D eigenvalue weighted by Gasteiger charge is 2.19. The third-order valence-electron chi connectivity index (χ3n) is 5.01. The minimum atomic E-state index is 0.783. The molecule has 0 saturated heterocycles. The van der Waals surface area contributed by atoms with Crippen LogP contribution in [0.2, 0.25) is 0 Å². The van der Waals surface area contributed by atoms with Crippen molar-refractivity contribution in [2.45, 2.75) is 45.4 Å². The van der Waals surface area contributed by atoms with Gasteiger partial charge in [0.05, 0.1) is 0 Å². The molecule has 2 aromatic rings. The first kappa shape index (κ1) is 14.8. The van der Waals surface area contributed by atoms with Crippen LogP contribution in [0.15, 0.2) is 42.5 Å². The first-order chi connectivity index (χ1) is 10.1. The fourth-order valence-corrected chi connectivity index (χ4v) is 3.64. The van der Waals surface area contributed by atoms with Crippen LogP contribution in [0.3, 0.4) is 0 Å². The van der Waals surface area contributed by atoms with Crippen molar-refractivity contribution in [2.75, 3.05) is 0 Å². The number of hydrogen-bond donors (Lipinski definition) is 0. The molecule has 1 atom stereocenters. The summed E-state index contributed by atoms with van der Waals surface area (Å²) in [6, 6.07) is 16.0. The summed E-state index contributed by atoms with van der Waals surface area (Å²) in [7, 11) is 2.83. The third kappa shape index (κ3) is 3.38. The highest BCUT2D eigenvalue weighted by atomic mass is 31.0. The fourth-order valence-electron chi connectivity index (χ4n) is 3.36. The van der Waals surface area contributed by atoms with Crippen molar-refractivity contribution in [1.29, 1.82) is 0 Å². The van der Waals surface area contributed by atoms with E-state index in [1.165, 1.54) is 53.2 Å². The Hall–Kier alpha value is -1.13. The van der Waals surface area contributed by atoms with E-state index >= 15 is 0 Å². The molecule has 1 aliphatic rings. The van der Waals surface area contributed by atoms with Crippen LogP contribution < -0.4 is 5.30 Å². The molecule has 3 rings (SSSR count). The molecule has 21 heavy (non-hydrogen) atoms. The summed E-state index contributed by atoms with van der Waals surface area (Å²) in [5.41, 5.74) is 5.50. The van der Waals surface area contributed by atoms with Crippen molar-refractivity contribution in [3.05, 3.63) is 53.6 Å². The Bertz CT molecular complexity index is 604. The van der Waals surface area contributed by atoms with Crippen molar-refractivity contribution in [3.63, 3.8) is 0 Å². The maximum atomic E-state index is 2.83. The van der Waals surface area contributed by atoms with E-state index in [-0.39, 0.29) is 0 Å². The molecule has 1 unspecified atom stereocenters. The topological polar surface area (TPSA) is 0 Å². The Morgan fingerprint density at radius 3 is 2.10 bits per heavy atom. The van der Waals surface area contributed by atoms with Crippen LogP contribution in [-0.4, -0.2) is 0 Å². The number of aryl methyl sites for hydroxylation is 1. The lowest BCUT2D eigenvalue weighted by Gasteiger charge is -2.26. The van der Waals surface area contributed by atoms with E-state index in [0.717, 1.165) is 11.8 Å². The molecule has 0 aromatic heterocycles. The normalized spacial score (nSPS) is 22.2. The Morgan fingerprint density at radius 1 is 0.857 bits per heavy atom. The number of hydrogen-bond acceptors (Lipinski definition) is 0. The first-order valence-electron chi connectivity index (χ1n) is 8.10. The molecule has 0 bridgehead atoms. The molecule has 0 spiro atoms. The van der Waals surface area contributed by atoms with E-state index in [4.69, 9.17) is 0 Å². The monoisotopic (exact) mass is 296 g/mol. The Kier molecular flexibility index (Phi) is 4.45. The lowest BCUT2D eigenvalue weighted by molar-refractivity contribution is 0.348. The van der Waals surface area contributed by atoms with Crippen molar-refractivity contribution >= 4 is 14.5 Å². The van der Waals surface area contributed by atoms with Gasteiger partial charge in [-0.25, -0.2) is 0 Å². The summed E-state index contributed by atoms with van der Waals surface area (Å²) in [5, 5.41) is 1.29. The molecular weight excluding hydrogens is 271 g/mol. The quantitative estimate of drug-likeness (QED) is 0.646. The minimum Gasteiger partial charge on any atom is -0.105 e. The largest absolute Gasteiger partial charge is 0.105 e. The predicted molar refractivity (Wildman–Crippen MR) is 96.3 cm³/mol. The van der Waals surface area contributed by atoms with Gasteiger partial charge < -0.3 is 0 Å². The Morgan fingerprint density at radius 2 is 1.48 bits per heavy atom. The van der Waals surface area contributed by atoms with E-state index in [0.29, 0.717) is 0 Å². The minimum absolute atomic E-state index is 0.783. The standard InChI is InChI=1S/C20H25P/c1-14-3-6-16(7-4-14)17-9-11-18(12-10-17)19-8-5-15(2)20(21)13-19/h5,8-14,16H,3-4,6-7,21H2,1-2H3. The second kappa shape index (κ2) is 6.32. The average molecular weight is 296 g/mol. The van der Waals surface area contributed by atoms with Gasteiger partial charge in [0.2, 0.25) is 0 Å². The summed E-state index contributed by atoms with van der Waals surface area (Å²) in [6.07, 6.45) is 5.50. The highest BCUT2D eigenvalue weighted by molar-refractivity contribution is 7.27. The van der Waals surface area contributed by atoms with Gasteiger partial charge in [0.25, 0.3) is 0 Å². The van der Waals surface area contributed by atoms with Crippen LogP contribution in [0.4, 0.5) is 0 Å². The van der Waals surface area contributed by atoms with E-state index < -0.39 is 0 Å². The van der Waals surface area contributed by atoms with E-state index in [1.807, 2.05) is 0 Å². The maximum Gasteiger partial charge on any atom is -0.0162 e. The Labute approximate surface area is 131 Å². The molecule has 0 N–H and O–H groups in total. The zero-order valence-corrected chi connectivity index (χ0v) is 14.3. The van der Waals surface area contributed by atoms with Gasteiger partial charge in [0, 0.05) is 0 Å². The molecule has 0 radical (unpaired) electrons. The molecule has 2 aromatic carbocycles. The van der Waals surface area contributed by atoms with Crippen LogP contribution in [-0.2, 0) is 0 Å². The van der Waals surface area contributed by atoms with Gasteiger partial charge in [0.15, 0.2) is 0 Å². The van der Waals surface area contributed by atoms with E-state index in [9.17, 15) is 0 Å². The molecular formula is C20H25P. The summed E-state index contributed by atoms with van der Waals surface area (Å²) in [6.45, 7) is 4.54. The molecule has 0 amide bonds. The van der Waals surface area contributed by atoms with Gasteiger partial charge in [-0.3, -0.25) is 0 Å². The fraction of sp³-hybridized carbons (Fsp3) is 0.400. The summed E-state index contributed by atoms with van der Waals surface area (Å²) in [5.74, 6) is 1.71. The summed E-state index contributed by atoms with van der Waals surface area (Å²) >= 11 is 0. The van der Waals surface area contributed by atoms with Crippen molar-refractivity contribution in [2.24, 2.45) is 5.92 Å². The van der Waals surface area contributed by atoms with Gasteiger partial charge >= 0.3 is 0 Å². The molecule has 1 aliphatic carbocycles. The number of rotatable bonds is 2. The maximum absolute atomic E-state index is 2.83. The zero-order chi connectivity index (χ0) is 14.8. The Balaban J connectivity index is 1.79.